The topological polar surface area (TPSA) is 38.3 Å². The Morgan fingerprint density at radius 1 is 1.50 bits per heavy atom. The Balaban J connectivity index is 2.40. The SMILES string of the molecule is CCCC(C)NC(=O)COc1ccc(Br)c(C)c1. The Morgan fingerprint density at radius 3 is 2.83 bits per heavy atom. The summed E-state index contributed by atoms with van der Waals surface area (Å²) in [6.07, 6.45) is 2.05. The lowest BCUT2D eigenvalue weighted by Crippen LogP contribution is -2.35. The number of carbonyl (C=O) groups is 1. The second-order valence-corrected chi connectivity index (χ2v) is 5.31. The van der Waals surface area contributed by atoms with Crippen molar-refractivity contribution in [3.05, 3.63) is 28.2 Å². The van der Waals surface area contributed by atoms with E-state index < -0.39 is 0 Å². The monoisotopic (exact) mass is 313 g/mol. The van der Waals surface area contributed by atoms with E-state index >= 15 is 0 Å². The van der Waals surface area contributed by atoms with E-state index in [0.717, 1.165) is 22.9 Å². The maximum atomic E-state index is 11.6. The van der Waals surface area contributed by atoms with E-state index in [1.54, 1.807) is 0 Å². The molecular weight excluding hydrogens is 294 g/mol. The highest BCUT2D eigenvalue weighted by Gasteiger charge is 2.07. The molecule has 1 aromatic rings. The Kier molecular flexibility index (Phi) is 6.19. The van der Waals surface area contributed by atoms with Crippen LogP contribution in [0.25, 0.3) is 0 Å². The number of nitrogens with one attached hydrogen (secondary N) is 1. The first-order valence-electron chi connectivity index (χ1n) is 6.21. The van der Waals surface area contributed by atoms with Crippen molar-refractivity contribution in [3.63, 3.8) is 0 Å². The molecule has 1 amide bonds. The quantitative estimate of drug-likeness (QED) is 0.873. The highest BCUT2D eigenvalue weighted by molar-refractivity contribution is 9.10. The minimum atomic E-state index is -0.0727. The molecule has 0 aliphatic rings. The molecule has 0 aromatic heterocycles. The van der Waals surface area contributed by atoms with Gasteiger partial charge in [-0.05, 0) is 44.0 Å². The lowest BCUT2D eigenvalue weighted by atomic mass is 10.2. The molecule has 0 heterocycles. The summed E-state index contributed by atoms with van der Waals surface area (Å²) >= 11 is 3.42. The Morgan fingerprint density at radius 2 is 2.22 bits per heavy atom. The minimum absolute atomic E-state index is 0.0646. The van der Waals surface area contributed by atoms with Gasteiger partial charge in [-0.1, -0.05) is 29.3 Å². The maximum absolute atomic E-state index is 11.6. The van der Waals surface area contributed by atoms with Gasteiger partial charge < -0.3 is 10.1 Å². The average Bonchev–Trinajstić information content (AvgIpc) is 2.31. The highest BCUT2D eigenvalue weighted by Crippen LogP contribution is 2.21. The molecule has 0 bridgehead atoms. The predicted molar refractivity (Wildman–Crippen MR) is 76.9 cm³/mol. The van der Waals surface area contributed by atoms with Crippen LogP contribution in [-0.2, 0) is 4.79 Å². The number of amides is 1. The van der Waals surface area contributed by atoms with Gasteiger partial charge in [0.25, 0.3) is 5.91 Å². The van der Waals surface area contributed by atoms with Crippen LogP contribution in [0.15, 0.2) is 22.7 Å². The van der Waals surface area contributed by atoms with Crippen LogP contribution in [0.4, 0.5) is 0 Å². The normalized spacial score (nSPS) is 12.0. The summed E-state index contributed by atoms with van der Waals surface area (Å²) in [7, 11) is 0. The van der Waals surface area contributed by atoms with Crippen LogP contribution in [-0.4, -0.2) is 18.6 Å². The molecule has 0 aliphatic carbocycles. The van der Waals surface area contributed by atoms with Crippen LogP contribution >= 0.6 is 15.9 Å². The fraction of sp³-hybridized carbons (Fsp3) is 0.500. The van der Waals surface area contributed by atoms with E-state index in [2.05, 4.69) is 28.2 Å². The zero-order chi connectivity index (χ0) is 13.5. The van der Waals surface area contributed by atoms with Crippen molar-refractivity contribution in [1.29, 1.82) is 0 Å². The number of ether oxygens (including phenoxy) is 1. The predicted octanol–water partition coefficient (Wildman–Crippen LogP) is 3.44. The van der Waals surface area contributed by atoms with E-state index in [0.29, 0.717) is 5.75 Å². The summed E-state index contributed by atoms with van der Waals surface area (Å²) < 4.78 is 6.49. The summed E-state index contributed by atoms with van der Waals surface area (Å²) in [4.78, 5) is 11.6. The van der Waals surface area contributed by atoms with Crippen molar-refractivity contribution < 1.29 is 9.53 Å². The van der Waals surface area contributed by atoms with Crippen molar-refractivity contribution in [3.8, 4) is 5.75 Å². The number of benzene rings is 1. The zero-order valence-corrected chi connectivity index (χ0v) is 12.7. The van der Waals surface area contributed by atoms with E-state index in [1.165, 1.54) is 0 Å². The fourth-order valence-electron chi connectivity index (χ4n) is 1.68. The van der Waals surface area contributed by atoms with Gasteiger partial charge in [-0.15, -0.1) is 0 Å². The van der Waals surface area contributed by atoms with Crippen molar-refractivity contribution in [2.24, 2.45) is 0 Å². The van der Waals surface area contributed by atoms with Gasteiger partial charge in [0.05, 0.1) is 0 Å². The molecule has 1 aromatic carbocycles. The van der Waals surface area contributed by atoms with Gasteiger partial charge in [0, 0.05) is 10.5 Å². The van der Waals surface area contributed by atoms with Gasteiger partial charge in [0.2, 0.25) is 0 Å². The van der Waals surface area contributed by atoms with Gasteiger partial charge in [-0.25, -0.2) is 0 Å². The lowest BCUT2D eigenvalue weighted by molar-refractivity contribution is -0.123. The molecule has 1 N–H and O–H groups in total. The summed E-state index contributed by atoms with van der Waals surface area (Å²) in [5.74, 6) is 0.644. The molecular formula is C14H20BrNO2. The van der Waals surface area contributed by atoms with E-state index in [-0.39, 0.29) is 18.6 Å². The van der Waals surface area contributed by atoms with Crippen LogP contribution in [0.2, 0.25) is 0 Å². The smallest absolute Gasteiger partial charge is 0.258 e. The molecule has 0 saturated carbocycles. The van der Waals surface area contributed by atoms with Crippen LogP contribution in [0, 0.1) is 6.92 Å². The maximum Gasteiger partial charge on any atom is 0.258 e. The number of rotatable bonds is 6. The molecule has 1 unspecified atom stereocenters. The molecule has 1 rings (SSSR count). The zero-order valence-electron chi connectivity index (χ0n) is 11.1. The first kappa shape index (κ1) is 15.0. The molecule has 4 heteroatoms. The van der Waals surface area contributed by atoms with Gasteiger partial charge >= 0.3 is 0 Å². The highest BCUT2D eigenvalue weighted by atomic mass is 79.9. The Hall–Kier alpha value is -1.03. The first-order valence-corrected chi connectivity index (χ1v) is 7.00. The van der Waals surface area contributed by atoms with Crippen molar-refractivity contribution in [1.82, 2.24) is 5.32 Å². The third-order valence-corrected chi connectivity index (χ3v) is 3.52. The van der Waals surface area contributed by atoms with E-state index in [4.69, 9.17) is 4.74 Å². The van der Waals surface area contributed by atoms with Gasteiger partial charge in [0.15, 0.2) is 6.61 Å². The third kappa shape index (κ3) is 5.08. The first-order chi connectivity index (χ1) is 8.52. The Labute approximate surface area is 117 Å². The molecule has 0 aliphatic heterocycles. The van der Waals surface area contributed by atoms with E-state index in [1.807, 2.05) is 32.0 Å². The molecule has 100 valence electrons. The fourth-order valence-corrected chi connectivity index (χ4v) is 1.92. The standard InChI is InChI=1S/C14H20BrNO2/c1-4-5-11(3)16-14(17)9-18-12-6-7-13(15)10(2)8-12/h6-8,11H,4-5,9H2,1-3H3,(H,16,17). The van der Waals surface area contributed by atoms with Crippen LogP contribution < -0.4 is 10.1 Å². The second-order valence-electron chi connectivity index (χ2n) is 4.46. The minimum Gasteiger partial charge on any atom is -0.484 e. The molecule has 0 radical (unpaired) electrons. The second kappa shape index (κ2) is 7.41. The summed E-state index contributed by atoms with van der Waals surface area (Å²) in [5.41, 5.74) is 1.09. The van der Waals surface area contributed by atoms with Crippen LogP contribution in [0.5, 0.6) is 5.75 Å². The Bertz CT molecular complexity index is 407. The number of hydrogen-bond donors (Lipinski definition) is 1. The van der Waals surface area contributed by atoms with Crippen LogP contribution in [0.1, 0.15) is 32.3 Å². The van der Waals surface area contributed by atoms with Gasteiger partial charge in [-0.3, -0.25) is 4.79 Å². The van der Waals surface area contributed by atoms with Crippen molar-refractivity contribution in [2.75, 3.05) is 6.61 Å². The number of carbonyl (C=O) groups excluding carboxylic acids is 1. The van der Waals surface area contributed by atoms with Gasteiger partial charge in [0.1, 0.15) is 5.75 Å². The molecule has 0 spiro atoms. The number of hydrogen-bond acceptors (Lipinski definition) is 2. The number of halogens is 1. The number of aryl methyl sites for hydroxylation is 1. The molecule has 1 atom stereocenters. The molecule has 0 saturated heterocycles. The molecule has 3 nitrogen and oxygen atoms in total. The molecule has 18 heavy (non-hydrogen) atoms. The summed E-state index contributed by atoms with van der Waals surface area (Å²) in [6, 6.07) is 5.88. The van der Waals surface area contributed by atoms with Crippen molar-refractivity contribution in [2.45, 2.75) is 39.7 Å². The lowest BCUT2D eigenvalue weighted by Gasteiger charge is -2.13. The summed E-state index contributed by atoms with van der Waals surface area (Å²) in [5, 5.41) is 2.90. The van der Waals surface area contributed by atoms with Crippen LogP contribution in [0.3, 0.4) is 0 Å². The third-order valence-electron chi connectivity index (χ3n) is 2.63. The molecule has 0 fully saturated rings. The largest absolute Gasteiger partial charge is 0.484 e. The van der Waals surface area contributed by atoms with E-state index in [9.17, 15) is 4.79 Å². The summed E-state index contributed by atoms with van der Waals surface area (Å²) in [6.45, 7) is 6.16. The van der Waals surface area contributed by atoms with Crippen molar-refractivity contribution >= 4 is 21.8 Å². The average molecular weight is 314 g/mol. The van der Waals surface area contributed by atoms with Gasteiger partial charge in [-0.2, -0.15) is 0 Å².